The Balaban J connectivity index is 2.22. The van der Waals surface area contributed by atoms with Gasteiger partial charge in [0.2, 0.25) is 11.7 Å². The van der Waals surface area contributed by atoms with Gasteiger partial charge in [0.1, 0.15) is 5.75 Å². The van der Waals surface area contributed by atoms with Crippen molar-refractivity contribution in [1.29, 1.82) is 0 Å². The van der Waals surface area contributed by atoms with Crippen LogP contribution in [0.2, 0.25) is 5.02 Å². The molecule has 2 rings (SSSR count). The van der Waals surface area contributed by atoms with Gasteiger partial charge in [0, 0.05) is 11.4 Å². The highest BCUT2D eigenvalue weighted by molar-refractivity contribution is 6.30. The van der Waals surface area contributed by atoms with E-state index in [4.69, 9.17) is 20.9 Å². The minimum atomic E-state index is -0.389. The summed E-state index contributed by atoms with van der Waals surface area (Å²) < 4.78 is 10.4. The summed E-state index contributed by atoms with van der Waals surface area (Å²) in [6.07, 6.45) is 0.736. The largest absolute Gasteiger partial charge is 0.496 e. The zero-order chi connectivity index (χ0) is 13.8. The fourth-order valence-corrected chi connectivity index (χ4v) is 1.81. The number of aryl methyl sites for hydroxylation is 1. The highest BCUT2D eigenvalue weighted by Crippen LogP contribution is 2.30. The molecule has 1 aromatic heterocycles. The molecule has 0 aliphatic rings. The molecule has 2 aromatic rings. The standard InChI is InChI=1S/C13H15ClN2O3/c1-8(17)3-6-12-15-13(16-19-12)10-5-4-9(14)7-11(10)18-2/h4-5,7-8,17H,3,6H2,1-2H3. The van der Waals surface area contributed by atoms with Crippen LogP contribution in [0.15, 0.2) is 22.7 Å². The van der Waals surface area contributed by atoms with Crippen LogP contribution in [0.4, 0.5) is 0 Å². The van der Waals surface area contributed by atoms with Crippen molar-refractivity contribution in [3.8, 4) is 17.1 Å². The number of benzene rings is 1. The average Bonchev–Trinajstić information content (AvgIpc) is 2.84. The number of hydrogen-bond acceptors (Lipinski definition) is 5. The lowest BCUT2D eigenvalue weighted by Gasteiger charge is -2.04. The predicted octanol–water partition coefficient (Wildman–Crippen LogP) is 2.71. The van der Waals surface area contributed by atoms with Gasteiger partial charge in [0.05, 0.1) is 18.8 Å². The van der Waals surface area contributed by atoms with Gasteiger partial charge in [-0.2, -0.15) is 4.98 Å². The summed E-state index contributed by atoms with van der Waals surface area (Å²) in [6.45, 7) is 1.72. The van der Waals surface area contributed by atoms with Gasteiger partial charge >= 0.3 is 0 Å². The van der Waals surface area contributed by atoms with E-state index in [1.807, 2.05) is 0 Å². The molecule has 0 radical (unpaired) electrons. The first kappa shape index (κ1) is 13.8. The number of methoxy groups -OCH3 is 1. The lowest BCUT2D eigenvalue weighted by molar-refractivity contribution is 0.180. The first-order valence-electron chi connectivity index (χ1n) is 5.94. The second kappa shape index (κ2) is 6.04. The molecule has 0 amide bonds. The lowest BCUT2D eigenvalue weighted by Crippen LogP contribution is -2.01. The highest BCUT2D eigenvalue weighted by atomic mass is 35.5. The van der Waals surface area contributed by atoms with Crippen LogP contribution in [-0.4, -0.2) is 28.5 Å². The molecule has 0 bridgehead atoms. The van der Waals surface area contributed by atoms with E-state index in [9.17, 15) is 5.11 Å². The Bertz CT molecular complexity index is 555. The number of halogens is 1. The molecule has 5 nitrogen and oxygen atoms in total. The van der Waals surface area contributed by atoms with Crippen molar-refractivity contribution in [3.63, 3.8) is 0 Å². The third-order valence-corrected chi connectivity index (χ3v) is 2.88. The van der Waals surface area contributed by atoms with Gasteiger partial charge < -0.3 is 14.4 Å². The molecular weight excluding hydrogens is 268 g/mol. The maximum Gasteiger partial charge on any atom is 0.227 e. The van der Waals surface area contributed by atoms with Crippen molar-refractivity contribution in [3.05, 3.63) is 29.1 Å². The Kier molecular flexibility index (Phi) is 4.39. The molecule has 0 saturated heterocycles. The molecule has 0 spiro atoms. The molecular formula is C13H15ClN2O3. The fourth-order valence-electron chi connectivity index (χ4n) is 1.65. The molecule has 0 saturated carbocycles. The Morgan fingerprint density at radius 3 is 2.95 bits per heavy atom. The van der Waals surface area contributed by atoms with Crippen molar-refractivity contribution in [2.45, 2.75) is 25.9 Å². The van der Waals surface area contributed by atoms with E-state index in [1.165, 1.54) is 0 Å². The maximum atomic E-state index is 9.23. The minimum absolute atomic E-state index is 0.389. The van der Waals surface area contributed by atoms with Gasteiger partial charge in [-0.3, -0.25) is 0 Å². The molecule has 1 aromatic carbocycles. The third-order valence-electron chi connectivity index (χ3n) is 2.65. The zero-order valence-corrected chi connectivity index (χ0v) is 11.5. The molecule has 0 aliphatic carbocycles. The average molecular weight is 283 g/mol. The molecule has 1 atom stereocenters. The van der Waals surface area contributed by atoms with E-state index in [0.29, 0.717) is 35.3 Å². The predicted molar refractivity (Wildman–Crippen MR) is 71.3 cm³/mol. The smallest absolute Gasteiger partial charge is 0.227 e. The van der Waals surface area contributed by atoms with Crippen molar-refractivity contribution in [1.82, 2.24) is 10.1 Å². The van der Waals surface area contributed by atoms with Gasteiger partial charge in [-0.15, -0.1) is 0 Å². The Labute approximate surface area is 116 Å². The topological polar surface area (TPSA) is 68.4 Å². The summed E-state index contributed by atoms with van der Waals surface area (Å²) in [7, 11) is 1.56. The van der Waals surface area contributed by atoms with Crippen LogP contribution < -0.4 is 4.74 Å². The quantitative estimate of drug-likeness (QED) is 0.913. The van der Waals surface area contributed by atoms with Crippen LogP contribution in [0.25, 0.3) is 11.4 Å². The third kappa shape index (κ3) is 3.45. The summed E-state index contributed by atoms with van der Waals surface area (Å²) in [5, 5.41) is 13.7. The van der Waals surface area contributed by atoms with Gasteiger partial charge in [-0.1, -0.05) is 16.8 Å². The van der Waals surface area contributed by atoms with Crippen LogP contribution in [-0.2, 0) is 6.42 Å². The molecule has 0 aliphatic heterocycles. The number of aliphatic hydroxyl groups is 1. The van der Waals surface area contributed by atoms with E-state index in [0.717, 1.165) is 5.56 Å². The molecule has 19 heavy (non-hydrogen) atoms. The molecule has 6 heteroatoms. The molecule has 1 N–H and O–H groups in total. The van der Waals surface area contributed by atoms with E-state index in [1.54, 1.807) is 32.2 Å². The van der Waals surface area contributed by atoms with Gasteiger partial charge in [0.25, 0.3) is 0 Å². The number of nitrogens with zero attached hydrogens (tertiary/aromatic N) is 2. The normalized spacial score (nSPS) is 12.4. The number of rotatable bonds is 5. The number of aromatic nitrogens is 2. The molecule has 102 valence electrons. The summed E-state index contributed by atoms with van der Waals surface area (Å²) in [6, 6.07) is 5.22. The van der Waals surface area contributed by atoms with Crippen LogP contribution in [0.5, 0.6) is 5.75 Å². The first-order valence-corrected chi connectivity index (χ1v) is 6.32. The summed E-state index contributed by atoms with van der Waals surface area (Å²) in [5.41, 5.74) is 0.721. The Morgan fingerprint density at radius 1 is 1.47 bits per heavy atom. The van der Waals surface area contributed by atoms with Crippen molar-refractivity contribution in [2.75, 3.05) is 7.11 Å². The van der Waals surface area contributed by atoms with Gasteiger partial charge in [0.15, 0.2) is 0 Å². The Morgan fingerprint density at radius 2 is 2.26 bits per heavy atom. The van der Waals surface area contributed by atoms with E-state index < -0.39 is 0 Å². The van der Waals surface area contributed by atoms with E-state index in [-0.39, 0.29) is 6.10 Å². The van der Waals surface area contributed by atoms with Gasteiger partial charge in [-0.05, 0) is 31.5 Å². The second-order valence-corrected chi connectivity index (χ2v) is 4.68. The fraction of sp³-hybridized carbons (Fsp3) is 0.385. The molecule has 0 fully saturated rings. The van der Waals surface area contributed by atoms with E-state index >= 15 is 0 Å². The monoisotopic (exact) mass is 282 g/mol. The van der Waals surface area contributed by atoms with Gasteiger partial charge in [-0.25, -0.2) is 0 Å². The molecule has 1 unspecified atom stereocenters. The SMILES string of the molecule is COc1cc(Cl)ccc1-c1noc(CCC(C)O)n1. The van der Waals surface area contributed by atoms with Crippen molar-refractivity contribution in [2.24, 2.45) is 0 Å². The molecule has 1 heterocycles. The first-order chi connectivity index (χ1) is 9.10. The summed E-state index contributed by atoms with van der Waals surface area (Å²) in [4.78, 5) is 4.28. The maximum absolute atomic E-state index is 9.23. The van der Waals surface area contributed by atoms with Crippen molar-refractivity contribution < 1.29 is 14.4 Å². The number of hydrogen-bond donors (Lipinski definition) is 1. The lowest BCUT2D eigenvalue weighted by atomic mass is 10.2. The second-order valence-electron chi connectivity index (χ2n) is 4.24. The number of ether oxygens (including phenoxy) is 1. The van der Waals surface area contributed by atoms with Crippen LogP contribution in [0, 0.1) is 0 Å². The van der Waals surface area contributed by atoms with Crippen LogP contribution >= 0.6 is 11.6 Å². The van der Waals surface area contributed by atoms with Crippen LogP contribution in [0.3, 0.4) is 0 Å². The van der Waals surface area contributed by atoms with E-state index in [2.05, 4.69) is 10.1 Å². The summed E-state index contributed by atoms with van der Waals surface area (Å²) in [5.74, 6) is 1.54. The highest BCUT2D eigenvalue weighted by Gasteiger charge is 2.14. The Hall–Kier alpha value is -1.59. The number of aliphatic hydroxyl groups excluding tert-OH is 1. The van der Waals surface area contributed by atoms with Crippen LogP contribution in [0.1, 0.15) is 19.2 Å². The van der Waals surface area contributed by atoms with Crippen molar-refractivity contribution >= 4 is 11.6 Å². The minimum Gasteiger partial charge on any atom is -0.496 e. The summed E-state index contributed by atoms with van der Waals surface area (Å²) >= 11 is 5.90. The zero-order valence-electron chi connectivity index (χ0n) is 10.8.